The van der Waals surface area contributed by atoms with Gasteiger partial charge >= 0.3 is 0 Å². The molecule has 132 valence electrons. The van der Waals surface area contributed by atoms with Crippen LogP contribution in [0.25, 0.3) is 0 Å². The minimum Gasteiger partial charge on any atom is -0.381 e. The van der Waals surface area contributed by atoms with Crippen molar-refractivity contribution in [1.29, 1.82) is 0 Å². The smallest absolute Gasteiger partial charge is 0.224 e. The maximum Gasteiger partial charge on any atom is 0.224 e. The van der Waals surface area contributed by atoms with Crippen LogP contribution in [0.2, 0.25) is 0 Å². The molecule has 0 aliphatic carbocycles. The van der Waals surface area contributed by atoms with Crippen LogP contribution in [0.5, 0.6) is 0 Å². The first kappa shape index (κ1) is 18.5. The van der Waals surface area contributed by atoms with Crippen molar-refractivity contribution in [3.8, 4) is 0 Å². The van der Waals surface area contributed by atoms with E-state index < -0.39 is 0 Å². The minimum atomic E-state index is 0.0182. The molecule has 1 aliphatic heterocycles. The molecule has 1 aliphatic rings. The average Bonchev–Trinajstić information content (AvgIpc) is 2.56. The maximum absolute atomic E-state index is 12.1. The van der Waals surface area contributed by atoms with Gasteiger partial charge in [-0.25, -0.2) is 0 Å². The zero-order valence-electron chi connectivity index (χ0n) is 14.7. The summed E-state index contributed by atoms with van der Waals surface area (Å²) in [5.74, 6) is 0.371. The van der Waals surface area contributed by atoms with Gasteiger partial charge in [0.15, 0.2) is 0 Å². The molecule has 2 N–H and O–H groups in total. The van der Waals surface area contributed by atoms with E-state index in [-0.39, 0.29) is 11.8 Å². The van der Waals surface area contributed by atoms with Crippen LogP contribution >= 0.6 is 0 Å². The zero-order chi connectivity index (χ0) is 17.4. The Kier molecular flexibility index (Phi) is 7.25. The van der Waals surface area contributed by atoms with Crippen molar-refractivity contribution in [2.45, 2.75) is 52.4 Å². The standard InChI is InChI=1S/C19H28N2O3/c1-3-4-7-18(22)21-17-9-8-16(11-14(17)2)20-19(23)12-15-6-5-10-24-13-15/h8-9,11,15H,3-7,10,12-13H2,1-2H3,(H,20,23)(H,21,22). The Labute approximate surface area is 144 Å². The molecule has 1 atom stereocenters. The summed E-state index contributed by atoms with van der Waals surface area (Å²) in [5.41, 5.74) is 2.51. The van der Waals surface area contributed by atoms with Crippen LogP contribution in [0.4, 0.5) is 11.4 Å². The normalized spacial score (nSPS) is 17.3. The minimum absolute atomic E-state index is 0.0182. The molecular formula is C19H28N2O3. The number of anilines is 2. The predicted octanol–water partition coefficient (Wildman–Crippen LogP) is 3.88. The number of benzene rings is 1. The van der Waals surface area contributed by atoms with Crippen molar-refractivity contribution in [2.24, 2.45) is 5.92 Å². The molecule has 0 aromatic heterocycles. The highest BCUT2D eigenvalue weighted by molar-refractivity contribution is 5.93. The maximum atomic E-state index is 12.1. The van der Waals surface area contributed by atoms with Gasteiger partial charge in [0, 0.05) is 37.4 Å². The lowest BCUT2D eigenvalue weighted by molar-refractivity contribution is -0.118. The van der Waals surface area contributed by atoms with E-state index in [2.05, 4.69) is 17.6 Å². The third kappa shape index (κ3) is 5.96. The topological polar surface area (TPSA) is 67.4 Å². The Morgan fingerprint density at radius 3 is 2.75 bits per heavy atom. The highest BCUT2D eigenvalue weighted by atomic mass is 16.5. The van der Waals surface area contributed by atoms with Gasteiger partial charge in [-0.15, -0.1) is 0 Å². The molecule has 24 heavy (non-hydrogen) atoms. The lowest BCUT2D eigenvalue weighted by Crippen LogP contribution is -2.23. The number of hydrogen-bond donors (Lipinski definition) is 2. The largest absolute Gasteiger partial charge is 0.381 e. The molecule has 1 unspecified atom stereocenters. The summed E-state index contributed by atoms with van der Waals surface area (Å²) >= 11 is 0. The highest BCUT2D eigenvalue weighted by Gasteiger charge is 2.17. The van der Waals surface area contributed by atoms with E-state index in [4.69, 9.17) is 4.74 Å². The Hall–Kier alpha value is -1.88. The van der Waals surface area contributed by atoms with E-state index in [9.17, 15) is 9.59 Å². The summed E-state index contributed by atoms with van der Waals surface area (Å²) in [6.07, 6.45) is 5.01. The van der Waals surface area contributed by atoms with E-state index in [1.165, 1.54) is 0 Å². The van der Waals surface area contributed by atoms with E-state index in [0.717, 1.165) is 49.2 Å². The second kappa shape index (κ2) is 9.42. The van der Waals surface area contributed by atoms with Gasteiger partial charge in [0.05, 0.1) is 0 Å². The highest BCUT2D eigenvalue weighted by Crippen LogP contribution is 2.22. The van der Waals surface area contributed by atoms with Crippen LogP contribution in [-0.4, -0.2) is 25.0 Å². The lowest BCUT2D eigenvalue weighted by atomic mass is 9.98. The Morgan fingerprint density at radius 2 is 2.08 bits per heavy atom. The molecule has 1 heterocycles. The summed E-state index contributed by atoms with van der Waals surface area (Å²) in [6, 6.07) is 5.57. The molecule has 0 bridgehead atoms. The fourth-order valence-electron chi connectivity index (χ4n) is 2.87. The molecule has 0 spiro atoms. The molecule has 0 radical (unpaired) electrons. The predicted molar refractivity (Wildman–Crippen MR) is 96.1 cm³/mol. The number of carbonyl (C=O) groups excluding carboxylic acids is 2. The van der Waals surface area contributed by atoms with Crippen molar-refractivity contribution in [2.75, 3.05) is 23.8 Å². The van der Waals surface area contributed by atoms with E-state index in [0.29, 0.717) is 25.4 Å². The van der Waals surface area contributed by atoms with Crippen molar-refractivity contribution in [3.05, 3.63) is 23.8 Å². The molecule has 5 heteroatoms. The monoisotopic (exact) mass is 332 g/mol. The zero-order valence-corrected chi connectivity index (χ0v) is 14.7. The fraction of sp³-hybridized carbons (Fsp3) is 0.579. The van der Waals surface area contributed by atoms with Crippen LogP contribution in [0.3, 0.4) is 0 Å². The SMILES string of the molecule is CCCCC(=O)Nc1ccc(NC(=O)CC2CCCOC2)cc1C. The third-order valence-corrected chi connectivity index (χ3v) is 4.27. The number of ether oxygens (including phenoxy) is 1. The summed E-state index contributed by atoms with van der Waals surface area (Å²) in [7, 11) is 0. The Balaban J connectivity index is 1.86. The molecule has 5 nitrogen and oxygen atoms in total. The molecule has 2 amide bonds. The average molecular weight is 332 g/mol. The van der Waals surface area contributed by atoms with E-state index in [1.54, 1.807) is 0 Å². The number of aryl methyl sites for hydroxylation is 1. The van der Waals surface area contributed by atoms with Crippen LogP contribution < -0.4 is 10.6 Å². The first-order valence-electron chi connectivity index (χ1n) is 8.86. The molecule has 1 aromatic carbocycles. The number of amides is 2. The van der Waals surface area contributed by atoms with Crippen LogP contribution in [-0.2, 0) is 14.3 Å². The quantitative estimate of drug-likeness (QED) is 0.796. The number of carbonyl (C=O) groups is 2. The van der Waals surface area contributed by atoms with Gasteiger partial charge in [-0.2, -0.15) is 0 Å². The Morgan fingerprint density at radius 1 is 1.25 bits per heavy atom. The van der Waals surface area contributed by atoms with Gasteiger partial charge in [-0.3, -0.25) is 9.59 Å². The summed E-state index contributed by atoms with van der Waals surface area (Å²) in [5, 5.41) is 5.86. The van der Waals surface area contributed by atoms with Crippen molar-refractivity contribution in [1.82, 2.24) is 0 Å². The molecule has 1 aromatic rings. The first-order valence-corrected chi connectivity index (χ1v) is 8.86. The van der Waals surface area contributed by atoms with Gasteiger partial charge in [-0.1, -0.05) is 13.3 Å². The number of rotatable bonds is 7. The summed E-state index contributed by atoms with van der Waals surface area (Å²) in [6.45, 7) is 5.48. The summed E-state index contributed by atoms with van der Waals surface area (Å²) in [4.78, 5) is 24.0. The van der Waals surface area contributed by atoms with Crippen molar-refractivity contribution >= 4 is 23.2 Å². The van der Waals surface area contributed by atoms with E-state index in [1.807, 2.05) is 25.1 Å². The molecule has 1 saturated heterocycles. The van der Waals surface area contributed by atoms with Gasteiger partial charge in [-0.05, 0) is 55.9 Å². The summed E-state index contributed by atoms with van der Waals surface area (Å²) < 4.78 is 5.41. The number of nitrogens with one attached hydrogen (secondary N) is 2. The molecule has 0 saturated carbocycles. The first-order chi connectivity index (χ1) is 11.6. The Bertz CT molecular complexity index is 566. The second-order valence-corrected chi connectivity index (χ2v) is 6.52. The van der Waals surface area contributed by atoms with Crippen LogP contribution in [0, 0.1) is 12.8 Å². The van der Waals surface area contributed by atoms with Gasteiger partial charge in [0.25, 0.3) is 0 Å². The van der Waals surface area contributed by atoms with Gasteiger partial charge in [0.1, 0.15) is 0 Å². The van der Waals surface area contributed by atoms with E-state index >= 15 is 0 Å². The molecular weight excluding hydrogens is 304 g/mol. The number of unbranched alkanes of at least 4 members (excludes halogenated alkanes) is 1. The fourth-order valence-corrected chi connectivity index (χ4v) is 2.87. The van der Waals surface area contributed by atoms with Crippen molar-refractivity contribution in [3.63, 3.8) is 0 Å². The van der Waals surface area contributed by atoms with Crippen LogP contribution in [0.1, 0.15) is 51.0 Å². The van der Waals surface area contributed by atoms with Crippen molar-refractivity contribution < 1.29 is 14.3 Å². The second-order valence-electron chi connectivity index (χ2n) is 6.52. The number of hydrogen-bond acceptors (Lipinski definition) is 3. The molecule has 2 rings (SSSR count). The van der Waals surface area contributed by atoms with Gasteiger partial charge in [0.2, 0.25) is 11.8 Å². The van der Waals surface area contributed by atoms with Crippen LogP contribution in [0.15, 0.2) is 18.2 Å². The molecule has 1 fully saturated rings. The lowest BCUT2D eigenvalue weighted by Gasteiger charge is -2.21. The third-order valence-electron chi connectivity index (χ3n) is 4.27. The van der Waals surface area contributed by atoms with Gasteiger partial charge < -0.3 is 15.4 Å².